The minimum atomic E-state index is 0.238. The summed E-state index contributed by atoms with van der Waals surface area (Å²) in [5, 5.41) is 3.58. The van der Waals surface area contributed by atoms with Crippen LogP contribution >= 0.6 is 22.6 Å². The Morgan fingerprint density at radius 3 is 3.05 bits per heavy atom. The number of ether oxygens (including phenoxy) is 1. The predicted octanol–water partition coefficient (Wildman–Crippen LogP) is 2.07. The molecule has 0 aliphatic carbocycles. The van der Waals surface area contributed by atoms with Crippen molar-refractivity contribution in [2.75, 3.05) is 41.3 Å². The summed E-state index contributed by atoms with van der Waals surface area (Å²) in [6.45, 7) is 6.22. The van der Waals surface area contributed by atoms with Crippen molar-refractivity contribution in [3.63, 3.8) is 0 Å². The third kappa shape index (κ3) is 2.22. The zero-order valence-corrected chi connectivity index (χ0v) is 13.7. The van der Waals surface area contributed by atoms with Crippen LogP contribution in [0.15, 0.2) is 12.1 Å². The Morgan fingerprint density at radius 2 is 2.20 bits per heavy atom. The Morgan fingerprint density at radius 1 is 1.30 bits per heavy atom. The molecule has 2 fully saturated rings. The summed E-state index contributed by atoms with van der Waals surface area (Å²) in [6, 6.07) is 4.95. The van der Waals surface area contributed by atoms with Crippen molar-refractivity contribution in [3.05, 3.63) is 12.1 Å². The highest BCUT2D eigenvalue weighted by Crippen LogP contribution is 2.36. The number of nitrogens with one attached hydrogen (secondary N) is 1. The number of alkyl halides is 1. The predicted molar refractivity (Wildman–Crippen MR) is 89.0 cm³/mol. The molecule has 1 N–H and O–H groups in total. The van der Waals surface area contributed by atoms with Crippen LogP contribution in [0.3, 0.4) is 0 Å². The lowest BCUT2D eigenvalue weighted by atomic mass is 10.2. The molecule has 1 aromatic rings. The standard InChI is InChI=1S/C14H19IN4O/c1-9-6-19(8-12(15)20-9)13-3-2-11-14(17-13)16-10-4-5-18(11)7-10/h2-3,9-10,12H,4-8H2,1H3,(H,16,17)/t9-,10+,12+/m0/s1. The van der Waals surface area contributed by atoms with Crippen molar-refractivity contribution >= 4 is 39.9 Å². The van der Waals surface area contributed by atoms with Gasteiger partial charge in [0, 0.05) is 25.7 Å². The molecule has 0 spiro atoms. The van der Waals surface area contributed by atoms with E-state index in [1.807, 2.05) is 0 Å². The Bertz CT molecular complexity index is 516. The van der Waals surface area contributed by atoms with Gasteiger partial charge in [-0.3, -0.25) is 0 Å². The molecule has 2 saturated heterocycles. The van der Waals surface area contributed by atoms with Crippen molar-refractivity contribution in [3.8, 4) is 0 Å². The van der Waals surface area contributed by atoms with E-state index in [2.05, 4.69) is 56.8 Å². The summed E-state index contributed by atoms with van der Waals surface area (Å²) >= 11 is 2.36. The van der Waals surface area contributed by atoms with Gasteiger partial charge in [-0.1, -0.05) is 0 Å². The summed E-state index contributed by atoms with van der Waals surface area (Å²) < 4.78 is 6.03. The summed E-state index contributed by atoms with van der Waals surface area (Å²) in [7, 11) is 0. The average molecular weight is 386 g/mol. The lowest BCUT2D eigenvalue weighted by molar-refractivity contribution is 0.0414. The lowest BCUT2D eigenvalue weighted by Gasteiger charge is -2.36. The Kier molecular flexibility index (Phi) is 3.17. The quantitative estimate of drug-likeness (QED) is 0.591. The second-order valence-corrected chi connectivity index (χ2v) is 7.26. The van der Waals surface area contributed by atoms with Gasteiger partial charge in [0.2, 0.25) is 0 Å². The molecule has 3 aliphatic rings. The molecule has 108 valence electrons. The first-order valence-corrected chi connectivity index (χ1v) is 8.50. The van der Waals surface area contributed by atoms with Gasteiger partial charge in [0.25, 0.3) is 0 Å². The highest BCUT2D eigenvalue weighted by Gasteiger charge is 2.31. The van der Waals surface area contributed by atoms with Crippen LogP contribution in [-0.2, 0) is 4.74 Å². The number of nitrogens with zero attached hydrogens (tertiary/aromatic N) is 3. The Balaban J connectivity index is 1.62. The number of hydrogen-bond acceptors (Lipinski definition) is 5. The monoisotopic (exact) mass is 386 g/mol. The van der Waals surface area contributed by atoms with E-state index in [4.69, 9.17) is 9.72 Å². The fourth-order valence-electron chi connectivity index (χ4n) is 3.35. The van der Waals surface area contributed by atoms with Gasteiger partial charge in [0.05, 0.1) is 18.3 Å². The first kappa shape index (κ1) is 12.9. The zero-order valence-electron chi connectivity index (χ0n) is 11.6. The smallest absolute Gasteiger partial charge is 0.152 e. The largest absolute Gasteiger partial charge is 0.366 e. The van der Waals surface area contributed by atoms with Gasteiger partial charge < -0.3 is 19.9 Å². The van der Waals surface area contributed by atoms with Crippen LogP contribution in [-0.4, -0.2) is 47.4 Å². The van der Waals surface area contributed by atoms with Crippen LogP contribution in [0.25, 0.3) is 0 Å². The van der Waals surface area contributed by atoms with E-state index in [0.29, 0.717) is 6.04 Å². The van der Waals surface area contributed by atoms with Gasteiger partial charge in [-0.15, -0.1) is 0 Å². The lowest BCUT2D eigenvalue weighted by Crippen LogP contribution is -2.45. The van der Waals surface area contributed by atoms with E-state index in [1.165, 1.54) is 12.1 Å². The molecule has 0 unspecified atom stereocenters. The summed E-state index contributed by atoms with van der Waals surface area (Å²) in [5.41, 5.74) is 1.26. The summed E-state index contributed by atoms with van der Waals surface area (Å²) in [6.07, 6.45) is 1.48. The van der Waals surface area contributed by atoms with E-state index < -0.39 is 0 Å². The van der Waals surface area contributed by atoms with Crippen molar-refractivity contribution in [2.45, 2.75) is 29.6 Å². The maximum absolute atomic E-state index is 5.79. The minimum absolute atomic E-state index is 0.238. The second-order valence-electron chi connectivity index (χ2n) is 5.87. The number of aromatic nitrogens is 1. The minimum Gasteiger partial charge on any atom is -0.366 e. The van der Waals surface area contributed by atoms with Gasteiger partial charge in [-0.25, -0.2) is 4.98 Å². The number of pyridine rings is 1. The van der Waals surface area contributed by atoms with Gasteiger partial charge in [0.1, 0.15) is 9.93 Å². The SMILES string of the molecule is C[C@H]1CN(c2ccc3c(n2)N[C@@H]2CCN3C2)C[C@H](I)O1. The van der Waals surface area contributed by atoms with Gasteiger partial charge in [-0.05, 0) is 48.1 Å². The molecule has 0 saturated carbocycles. The number of anilines is 3. The van der Waals surface area contributed by atoms with Crippen molar-refractivity contribution in [1.29, 1.82) is 0 Å². The Labute approximate surface area is 132 Å². The molecule has 6 heteroatoms. The van der Waals surface area contributed by atoms with Crippen molar-refractivity contribution in [2.24, 2.45) is 0 Å². The molecule has 0 aromatic carbocycles. The fraction of sp³-hybridized carbons (Fsp3) is 0.643. The van der Waals surface area contributed by atoms with Gasteiger partial charge in [-0.2, -0.15) is 0 Å². The molecule has 0 radical (unpaired) electrons. The summed E-state index contributed by atoms with van der Waals surface area (Å²) in [4.78, 5) is 9.63. The molecule has 4 rings (SSSR count). The van der Waals surface area contributed by atoms with Crippen LogP contribution in [0.4, 0.5) is 17.3 Å². The molecule has 5 nitrogen and oxygen atoms in total. The highest BCUT2D eigenvalue weighted by molar-refractivity contribution is 14.1. The number of halogens is 1. The molecule has 1 aromatic heterocycles. The van der Waals surface area contributed by atoms with Crippen LogP contribution in [0.2, 0.25) is 0 Å². The van der Waals surface area contributed by atoms with Crippen LogP contribution in [0.5, 0.6) is 0 Å². The van der Waals surface area contributed by atoms with E-state index in [0.717, 1.165) is 37.8 Å². The van der Waals surface area contributed by atoms with Crippen LogP contribution in [0.1, 0.15) is 13.3 Å². The highest BCUT2D eigenvalue weighted by atomic mass is 127. The maximum Gasteiger partial charge on any atom is 0.152 e. The molecule has 3 aliphatic heterocycles. The normalized spacial score (nSPS) is 32.0. The fourth-order valence-corrected chi connectivity index (χ4v) is 4.33. The number of fused-ring (bicyclic) bond motifs is 4. The summed E-state index contributed by atoms with van der Waals surface area (Å²) in [5.74, 6) is 2.12. The first-order valence-electron chi connectivity index (χ1n) is 7.26. The van der Waals surface area contributed by atoms with E-state index >= 15 is 0 Å². The van der Waals surface area contributed by atoms with E-state index in [1.54, 1.807) is 0 Å². The van der Waals surface area contributed by atoms with Gasteiger partial charge in [0.15, 0.2) is 5.82 Å². The molecular formula is C14H19IN4O. The van der Waals surface area contributed by atoms with Crippen LogP contribution in [0, 0.1) is 0 Å². The Hall–Kier alpha value is -0.760. The number of morpholine rings is 1. The third-order valence-corrected chi connectivity index (χ3v) is 4.96. The first-order chi connectivity index (χ1) is 9.69. The second kappa shape index (κ2) is 4.91. The zero-order chi connectivity index (χ0) is 13.7. The van der Waals surface area contributed by atoms with E-state index in [9.17, 15) is 0 Å². The number of rotatable bonds is 1. The molecule has 3 atom stereocenters. The molecule has 4 heterocycles. The average Bonchev–Trinajstić information content (AvgIpc) is 2.80. The van der Waals surface area contributed by atoms with Gasteiger partial charge >= 0.3 is 0 Å². The van der Waals surface area contributed by atoms with Crippen LogP contribution < -0.4 is 15.1 Å². The molecule has 20 heavy (non-hydrogen) atoms. The third-order valence-electron chi connectivity index (χ3n) is 4.27. The molecular weight excluding hydrogens is 367 g/mol. The maximum atomic E-state index is 5.79. The van der Waals surface area contributed by atoms with Crippen molar-refractivity contribution < 1.29 is 4.74 Å². The van der Waals surface area contributed by atoms with E-state index in [-0.39, 0.29) is 10.2 Å². The number of hydrogen-bond donors (Lipinski definition) is 1. The topological polar surface area (TPSA) is 40.6 Å². The molecule has 2 bridgehead atoms. The molecule has 0 amide bonds. The van der Waals surface area contributed by atoms with Crippen molar-refractivity contribution in [1.82, 2.24) is 4.98 Å².